The molecule has 3 fully saturated rings. The highest BCUT2D eigenvalue weighted by molar-refractivity contribution is 5.77. The van der Waals surface area contributed by atoms with Gasteiger partial charge in [0.1, 0.15) is 0 Å². The number of carbonyl (C=O) groups excluding carboxylic acids is 1. The highest BCUT2D eigenvalue weighted by Crippen LogP contribution is 2.68. The predicted octanol–water partition coefficient (Wildman–Crippen LogP) is 0.694. The third-order valence-electron chi connectivity index (χ3n) is 6.72. The molecule has 2 saturated heterocycles. The SMILES string of the molecule is O=C(CCCN1CCOCC1)N1C[C@H](O)[C@@]2(C1)[C@H](CO)[C@H]2c1ccccc1. The first-order valence-corrected chi connectivity index (χ1v) is 10.1. The van der Waals surface area contributed by atoms with Gasteiger partial charge in [0.2, 0.25) is 5.91 Å². The van der Waals surface area contributed by atoms with Crippen molar-refractivity contribution in [2.45, 2.75) is 24.9 Å². The average molecular weight is 374 g/mol. The monoisotopic (exact) mass is 374 g/mol. The summed E-state index contributed by atoms with van der Waals surface area (Å²) < 4.78 is 5.35. The fraction of sp³-hybridized carbons (Fsp3) is 0.667. The first kappa shape index (κ1) is 18.9. The number of hydrogen-bond acceptors (Lipinski definition) is 5. The molecule has 1 saturated carbocycles. The third-order valence-corrected chi connectivity index (χ3v) is 6.72. The lowest BCUT2D eigenvalue weighted by atomic mass is 9.95. The number of morpholine rings is 1. The molecule has 3 aliphatic rings. The summed E-state index contributed by atoms with van der Waals surface area (Å²) in [4.78, 5) is 16.8. The van der Waals surface area contributed by atoms with Gasteiger partial charge in [0.15, 0.2) is 0 Å². The second-order valence-electron chi connectivity index (χ2n) is 8.14. The van der Waals surface area contributed by atoms with Gasteiger partial charge in [-0.3, -0.25) is 9.69 Å². The van der Waals surface area contributed by atoms with Crippen LogP contribution in [0, 0.1) is 11.3 Å². The van der Waals surface area contributed by atoms with Gasteiger partial charge in [0.25, 0.3) is 0 Å². The molecule has 0 aromatic heterocycles. The Morgan fingerprint density at radius 2 is 1.96 bits per heavy atom. The van der Waals surface area contributed by atoms with Crippen molar-refractivity contribution in [1.29, 1.82) is 0 Å². The first-order chi connectivity index (χ1) is 13.2. The Bertz CT molecular complexity index is 649. The highest BCUT2D eigenvalue weighted by atomic mass is 16.5. The fourth-order valence-electron chi connectivity index (χ4n) is 5.19. The van der Waals surface area contributed by atoms with E-state index in [4.69, 9.17) is 4.74 Å². The minimum atomic E-state index is -0.567. The van der Waals surface area contributed by atoms with Gasteiger partial charge in [-0.2, -0.15) is 0 Å². The lowest BCUT2D eigenvalue weighted by Gasteiger charge is -2.26. The van der Waals surface area contributed by atoms with E-state index in [1.807, 2.05) is 23.1 Å². The van der Waals surface area contributed by atoms with E-state index in [0.29, 0.717) is 19.5 Å². The molecule has 4 atom stereocenters. The quantitative estimate of drug-likeness (QED) is 0.767. The summed E-state index contributed by atoms with van der Waals surface area (Å²) in [6.07, 6.45) is 0.784. The molecule has 4 rings (SSSR count). The summed E-state index contributed by atoms with van der Waals surface area (Å²) in [5.41, 5.74) is 0.771. The molecule has 2 N–H and O–H groups in total. The number of benzene rings is 1. The largest absolute Gasteiger partial charge is 0.396 e. The molecule has 0 bridgehead atoms. The van der Waals surface area contributed by atoms with Crippen LogP contribution in [0.2, 0.25) is 0 Å². The Labute approximate surface area is 160 Å². The molecule has 1 aromatic rings. The van der Waals surface area contributed by atoms with E-state index in [1.54, 1.807) is 0 Å². The summed E-state index contributed by atoms with van der Waals surface area (Å²) in [6, 6.07) is 10.1. The van der Waals surface area contributed by atoms with E-state index in [9.17, 15) is 15.0 Å². The van der Waals surface area contributed by atoms with Crippen LogP contribution in [0.4, 0.5) is 0 Å². The lowest BCUT2D eigenvalue weighted by molar-refractivity contribution is -0.130. The standard InChI is InChI=1S/C21H30N2O4/c24-14-17-20(16-5-2-1-3-6-16)21(17)15-23(13-18(21)25)19(26)7-4-8-22-9-11-27-12-10-22/h1-3,5-6,17-18,20,24-25H,4,7-15H2/t17-,18+,20-,21-/m1/s1. The van der Waals surface area contributed by atoms with Crippen molar-refractivity contribution in [2.75, 3.05) is 52.5 Å². The minimum absolute atomic E-state index is 0.0287. The molecule has 0 radical (unpaired) electrons. The van der Waals surface area contributed by atoms with Gasteiger partial charge >= 0.3 is 0 Å². The van der Waals surface area contributed by atoms with Crippen molar-refractivity contribution >= 4 is 5.91 Å². The molecule has 1 amide bonds. The van der Waals surface area contributed by atoms with Crippen molar-refractivity contribution in [3.63, 3.8) is 0 Å². The van der Waals surface area contributed by atoms with Crippen molar-refractivity contribution in [3.05, 3.63) is 35.9 Å². The van der Waals surface area contributed by atoms with Crippen LogP contribution in [0.15, 0.2) is 30.3 Å². The molecular formula is C21H30N2O4. The Kier molecular flexibility index (Phi) is 5.50. The zero-order valence-corrected chi connectivity index (χ0v) is 15.8. The summed E-state index contributed by atoms with van der Waals surface area (Å²) >= 11 is 0. The maximum Gasteiger partial charge on any atom is 0.222 e. The Balaban J connectivity index is 1.34. The molecule has 1 aromatic carbocycles. The van der Waals surface area contributed by atoms with Gasteiger partial charge in [-0.1, -0.05) is 30.3 Å². The van der Waals surface area contributed by atoms with Crippen molar-refractivity contribution in [2.24, 2.45) is 11.3 Å². The van der Waals surface area contributed by atoms with Gasteiger partial charge in [-0.25, -0.2) is 0 Å². The van der Waals surface area contributed by atoms with Crippen LogP contribution in [0.1, 0.15) is 24.3 Å². The maximum atomic E-state index is 12.7. The Morgan fingerprint density at radius 3 is 2.67 bits per heavy atom. The molecule has 2 heterocycles. The highest BCUT2D eigenvalue weighted by Gasteiger charge is 2.71. The van der Waals surface area contributed by atoms with E-state index in [0.717, 1.165) is 44.8 Å². The molecule has 2 aliphatic heterocycles. The van der Waals surface area contributed by atoms with Crippen molar-refractivity contribution in [1.82, 2.24) is 9.80 Å². The summed E-state index contributed by atoms with van der Waals surface area (Å²) in [5.74, 6) is 0.278. The Hall–Kier alpha value is -1.47. The van der Waals surface area contributed by atoms with E-state index >= 15 is 0 Å². The summed E-state index contributed by atoms with van der Waals surface area (Å²) in [5, 5.41) is 20.6. The second kappa shape index (κ2) is 7.87. The topological polar surface area (TPSA) is 73.2 Å². The fourth-order valence-corrected chi connectivity index (χ4v) is 5.19. The smallest absolute Gasteiger partial charge is 0.222 e. The maximum absolute atomic E-state index is 12.7. The van der Waals surface area contributed by atoms with Crippen LogP contribution in [0.25, 0.3) is 0 Å². The Morgan fingerprint density at radius 1 is 1.22 bits per heavy atom. The van der Waals surface area contributed by atoms with Gasteiger partial charge in [-0.15, -0.1) is 0 Å². The predicted molar refractivity (Wildman–Crippen MR) is 101 cm³/mol. The van der Waals surface area contributed by atoms with Crippen LogP contribution < -0.4 is 0 Å². The number of ether oxygens (including phenoxy) is 1. The van der Waals surface area contributed by atoms with Gasteiger partial charge in [-0.05, 0) is 30.4 Å². The van der Waals surface area contributed by atoms with Crippen LogP contribution >= 0.6 is 0 Å². The number of amides is 1. The normalized spacial score (nSPS) is 33.6. The average Bonchev–Trinajstić information content (AvgIpc) is 3.24. The number of aliphatic hydroxyl groups is 2. The molecule has 148 valence electrons. The van der Waals surface area contributed by atoms with Gasteiger partial charge < -0.3 is 19.8 Å². The van der Waals surface area contributed by atoms with Gasteiger partial charge in [0.05, 0.1) is 19.3 Å². The molecular weight excluding hydrogens is 344 g/mol. The number of β-amino-alcohol motifs (C(OH)–C–C–N with tert-alkyl or cyclic N) is 1. The molecule has 27 heavy (non-hydrogen) atoms. The van der Waals surface area contributed by atoms with E-state index in [1.165, 1.54) is 0 Å². The van der Waals surface area contributed by atoms with Crippen molar-refractivity contribution in [3.8, 4) is 0 Å². The number of rotatable bonds is 6. The van der Waals surface area contributed by atoms with Crippen LogP contribution in [-0.2, 0) is 9.53 Å². The minimum Gasteiger partial charge on any atom is -0.396 e. The number of aliphatic hydroxyl groups excluding tert-OH is 2. The first-order valence-electron chi connectivity index (χ1n) is 10.1. The van der Waals surface area contributed by atoms with Crippen LogP contribution in [0.3, 0.4) is 0 Å². The number of likely N-dealkylation sites (tertiary alicyclic amines) is 1. The number of nitrogens with zero attached hydrogens (tertiary/aromatic N) is 2. The van der Waals surface area contributed by atoms with E-state index in [-0.39, 0.29) is 29.8 Å². The molecule has 1 spiro atoms. The molecule has 1 aliphatic carbocycles. The van der Waals surface area contributed by atoms with Crippen LogP contribution in [0.5, 0.6) is 0 Å². The van der Waals surface area contributed by atoms with E-state index < -0.39 is 6.10 Å². The zero-order valence-electron chi connectivity index (χ0n) is 15.8. The second-order valence-corrected chi connectivity index (χ2v) is 8.14. The van der Waals surface area contributed by atoms with Crippen LogP contribution in [-0.4, -0.2) is 84.6 Å². The summed E-state index contributed by atoms with van der Waals surface area (Å²) in [6.45, 7) is 5.34. The molecule has 6 heteroatoms. The molecule has 6 nitrogen and oxygen atoms in total. The zero-order chi connectivity index (χ0) is 18.9. The summed E-state index contributed by atoms with van der Waals surface area (Å²) in [7, 11) is 0. The van der Waals surface area contributed by atoms with Gasteiger partial charge in [0, 0.05) is 44.6 Å². The molecule has 0 unspecified atom stereocenters. The lowest BCUT2D eigenvalue weighted by Crippen LogP contribution is -2.37. The third kappa shape index (κ3) is 3.51. The number of hydrogen-bond donors (Lipinski definition) is 2. The number of carbonyl (C=O) groups is 1. The van der Waals surface area contributed by atoms with E-state index in [2.05, 4.69) is 17.0 Å². The van der Waals surface area contributed by atoms with Crippen molar-refractivity contribution < 1.29 is 19.7 Å².